The Hall–Kier alpha value is -1.39. The molecule has 15 heavy (non-hydrogen) atoms. The number of aromatic nitrogens is 3. The predicted molar refractivity (Wildman–Crippen MR) is 54.4 cm³/mol. The Morgan fingerprint density at radius 2 is 2.33 bits per heavy atom. The van der Waals surface area contributed by atoms with Crippen LogP contribution in [0.1, 0.15) is 25.7 Å². The van der Waals surface area contributed by atoms with Gasteiger partial charge in [-0.3, -0.25) is 9.36 Å². The molecule has 1 heterocycles. The number of hydrogen-bond donors (Lipinski definition) is 0. The average molecular weight is 209 g/mol. The van der Waals surface area contributed by atoms with Crippen molar-refractivity contribution >= 4 is 5.78 Å². The van der Waals surface area contributed by atoms with E-state index in [0.29, 0.717) is 18.7 Å². The first-order valence-corrected chi connectivity index (χ1v) is 5.29. The molecule has 0 aliphatic heterocycles. The fourth-order valence-corrected chi connectivity index (χ4v) is 2.05. The minimum Gasteiger partial charge on any atom is -0.299 e. The van der Waals surface area contributed by atoms with Crippen LogP contribution in [-0.2, 0) is 18.4 Å². The molecule has 0 spiro atoms. The first-order chi connectivity index (χ1) is 7.18. The van der Waals surface area contributed by atoms with Crippen molar-refractivity contribution < 1.29 is 4.79 Å². The third kappa shape index (κ3) is 2.00. The van der Waals surface area contributed by atoms with Crippen LogP contribution >= 0.6 is 0 Å². The van der Waals surface area contributed by atoms with E-state index in [9.17, 15) is 9.59 Å². The fraction of sp³-hybridized carbons (Fsp3) is 0.700. The zero-order valence-corrected chi connectivity index (χ0v) is 8.85. The van der Waals surface area contributed by atoms with E-state index >= 15 is 0 Å². The molecule has 1 aromatic rings. The van der Waals surface area contributed by atoms with Gasteiger partial charge in [0.1, 0.15) is 12.1 Å². The average Bonchev–Trinajstić information content (AvgIpc) is 2.74. The largest absolute Gasteiger partial charge is 0.345 e. The second kappa shape index (κ2) is 4.00. The van der Waals surface area contributed by atoms with Crippen molar-refractivity contribution in [3.8, 4) is 0 Å². The summed E-state index contributed by atoms with van der Waals surface area (Å²) < 4.78 is 2.86. The van der Waals surface area contributed by atoms with Crippen molar-refractivity contribution in [3.05, 3.63) is 16.8 Å². The highest BCUT2D eigenvalue weighted by atomic mass is 16.2. The van der Waals surface area contributed by atoms with Crippen LogP contribution in [-0.4, -0.2) is 20.1 Å². The van der Waals surface area contributed by atoms with Crippen molar-refractivity contribution in [2.45, 2.75) is 32.2 Å². The van der Waals surface area contributed by atoms with Crippen LogP contribution in [0.15, 0.2) is 11.1 Å². The molecule has 0 saturated heterocycles. The van der Waals surface area contributed by atoms with E-state index in [1.54, 1.807) is 7.05 Å². The maximum absolute atomic E-state index is 11.4. The third-order valence-electron chi connectivity index (χ3n) is 3.01. The van der Waals surface area contributed by atoms with Crippen molar-refractivity contribution in [1.82, 2.24) is 14.3 Å². The lowest BCUT2D eigenvalue weighted by Crippen LogP contribution is -2.24. The van der Waals surface area contributed by atoms with Gasteiger partial charge >= 0.3 is 5.69 Å². The van der Waals surface area contributed by atoms with E-state index in [1.165, 1.54) is 15.6 Å². The summed E-state index contributed by atoms with van der Waals surface area (Å²) in [6.45, 7) is 0.552. The second-order valence-corrected chi connectivity index (χ2v) is 4.09. The van der Waals surface area contributed by atoms with E-state index in [-0.39, 0.29) is 11.6 Å². The Morgan fingerprint density at radius 3 is 2.87 bits per heavy atom. The molecule has 0 N–H and O–H groups in total. The van der Waals surface area contributed by atoms with Crippen LogP contribution in [0.5, 0.6) is 0 Å². The summed E-state index contributed by atoms with van der Waals surface area (Å²) in [4.78, 5) is 22.8. The molecule has 1 aliphatic rings. The van der Waals surface area contributed by atoms with Crippen LogP contribution in [0.25, 0.3) is 0 Å². The first-order valence-electron chi connectivity index (χ1n) is 5.29. The number of carbonyl (C=O) groups excluding carboxylic acids is 1. The minimum absolute atomic E-state index is 0.111. The summed E-state index contributed by atoms with van der Waals surface area (Å²) in [5.41, 5.74) is -0.111. The molecule has 1 aliphatic carbocycles. The SMILES string of the molecule is Cn1cnn(CCC2CCCC2=O)c1=O. The molecule has 2 rings (SSSR count). The van der Waals surface area contributed by atoms with Gasteiger partial charge in [-0.25, -0.2) is 9.48 Å². The lowest BCUT2D eigenvalue weighted by molar-refractivity contribution is -0.120. The van der Waals surface area contributed by atoms with Crippen molar-refractivity contribution in [3.63, 3.8) is 0 Å². The molecule has 1 aromatic heterocycles. The van der Waals surface area contributed by atoms with Crippen molar-refractivity contribution in [2.24, 2.45) is 13.0 Å². The van der Waals surface area contributed by atoms with Crippen molar-refractivity contribution in [2.75, 3.05) is 0 Å². The van der Waals surface area contributed by atoms with E-state index in [0.717, 1.165) is 19.3 Å². The second-order valence-electron chi connectivity index (χ2n) is 4.09. The van der Waals surface area contributed by atoms with Crippen LogP contribution in [0.2, 0.25) is 0 Å². The number of aryl methyl sites for hydroxylation is 2. The number of nitrogens with zero attached hydrogens (tertiary/aromatic N) is 3. The third-order valence-corrected chi connectivity index (χ3v) is 3.01. The molecule has 0 bridgehead atoms. The molecule has 1 atom stereocenters. The molecule has 0 radical (unpaired) electrons. The van der Waals surface area contributed by atoms with E-state index < -0.39 is 0 Å². The highest BCUT2D eigenvalue weighted by Crippen LogP contribution is 2.24. The van der Waals surface area contributed by atoms with Gasteiger partial charge in [-0.05, 0) is 19.3 Å². The Bertz CT molecular complexity index is 419. The van der Waals surface area contributed by atoms with Gasteiger partial charge in [0.2, 0.25) is 0 Å². The highest BCUT2D eigenvalue weighted by Gasteiger charge is 2.24. The summed E-state index contributed by atoms with van der Waals surface area (Å²) in [5, 5.41) is 3.96. The summed E-state index contributed by atoms with van der Waals surface area (Å²) in [7, 11) is 1.67. The van der Waals surface area contributed by atoms with Gasteiger partial charge in [-0.1, -0.05) is 0 Å². The Kier molecular flexibility index (Phi) is 2.70. The molecule has 1 unspecified atom stereocenters. The first kappa shape index (κ1) is 10.1. The summed E-state index contributed by atoms with van der Waals surface area (Å²) >= 11 is 0. The molecule has 82 valence electrons. The number of hydrogen-bond acceptors (Lipinski definition) is 3. The normalized spacial score (nSPS) is 21.1. The smallest absolute Gasteiger partial charge is 0.299 e. The highest BCUT2D eigenvalue weighted by molar-refractivity contribution is 5.82. The number of Topliss-reactive ketones (excluding diaryl/α,β-unsaturated/α-hetero) is 1. The number of ketones is 1. The Balaban J connectivity index is 1.96. The van der Waals surface area contributed by atoms with E-state index in [4.69, 9.17) is 0 Å². The van der Waals surface area contributed by atoms with Gasteiger partial charge in [0.15, 0.2) is 0 Å². The van der Waals surface area contributed by atoms with Gasteiger partial charge in [0, 0.05) is 25.9 Å². The predicted octanol–water partition coefficient (Wildman–Crippen LogP) is 0.341. The van der Waals surface area contributed by atoms with Crippen LogP contribution in [0.4, 0.5) is 0 Å². The van der Waals surface area contributed by atoms with Crippen LogP contribution in [0, 0.1) is 5.92 Å². The fourth-order valence-electron chi connectivity index (χ4n) is 2.05. The molecule has 5 heteroatoms. The number of rotatable bonds is 3. The Morgan fingerprint density at radius 1 is 1.53 bits per heavy atom. The molecular weight excluding hydrogens is 194 g/mol. The molecule has 5 nitrogen and oxygen atoms in total. The monoisotopic (exact) mass is 209 g/mol. The molecule has 0 aromatic carbocycles. The lowest BCUT2D eigenvalue weighted by atomic mass is 10.0. The quantitative estimate of drug-likeness (QED) is 0.721. The van der Waals surface area contributed by atoms with Gasteiger partial charge in [0.05, 0.1) is 0 Å². The zero-order chi connectivity index (χ0) is 10.8. The van der Waals surface area contributed by atoms with Gasteiger partial charge < -0.3 is 0 Å². The molecule has 0 amide bonds. The van der Waals surface area contributed by atoms with Gasteiger partial charge in [-0.15, -0.1) is 0 Å². The van der Waals surface area contributed by atoms with Gasteiger partial charge in [-0.2, -0.15) is 5.10 Å². The Labute approximate surface area is 87.7 Å². The summed E-state index contributed by atoms with van der Waals surface area (Å²) in [6, 6.07) is 0. The molecule has 1 fully saturated rings. The maximum atomic E-state index is 11.4. The van der Waals surface area contributed by atoms with Crippen LogP contribution in [0.3, 0.4) is 0 Å². The minimum atomic E-state index is -0.111. The lowest BCUT2D eigenvalue weighted by Gasteiger charge is -2.06. The summed E-state index contributed by atoms with van der Waals surface area (Å²) in [6.07, 6.45) is 4.93. The van der Waals surface area contributed by atoms with Gasteiger partial charge in [0.25, 0.3) is 0 Å². The van der Waals surface area contributed by atoms with Crippen LogP contribution < -0.4 is 5.69 Å². The standard InChI is InChI=1S/C10H15N3O2/c1-12-7-11-13(10(12)15)6-5-8-3-2-4-9(8)14/h7-8H,2-6H2,1H3. The maximum Gasteiger partial charge on any atom is 0.345 e. The zero-order valence-electron chi connectivity index (χ0n) is 8.85. The molecule has 1 saturated carbocycles. The van der Waals surface area contributed by atoms with E-state index in [2.05, 4.69) is 5.10 Å². The molecular formula is C10H15N3O2. The van der Waals surface area contributed by atoms with Crippen molar-refractivity contribution in [1.29, 1.82) is 0 Å². The summed E-state index contributed by atoms with van der Waals surface area (Å²) in [5.74, 6) is 0.498. The van der Waals surface area contributed by atoms with E-state index in [1.807, 2.05) is 0 Å². The topological polar surface area (TPSA) is 56.9 Å². The number of carbonyl (C=O) groups is 1.